The molecule has 2 aromatic heterocycles. The van der Waals surface area contributed by atoms with Gasteiger partial charge in [-0.05, 0) is 63.2 Å². The van der Waals surface area contributed by atoms with E-state index in [2.05, 4.69) is 39.5 Å². The third kappa shape index (κ3) is 4.01. The molecule has 8 heteroatoms. The van der Waals surface area contributed by atoms with Crippen molar-refractivity contribution in [2.24, 2.45) is 5.92 Å². The summed E-state index contributed by atoms with van der Waals surface area (Å²) in [6, 6.07) is 15.5. The molecule has 1 amide bonds. The molecule has 4 aromatic rings. The molecular weight excluding hydrogens is 402 g/mol. The first-order valence-corrected chi connectivity index (χ1v) is 11.0. The molecule has 1 saturated heterocycles. The third-order valence-electron chi connectivity index (χ3n) is 6.11. The number of H-pyrrole nitrogens is 1. The van der Waals surface area contributed by atoms with Crippen LogP contribution in [0.1, 0.15) is 23.2 Å². The van der Waals surface area contributed by atoms with Gasteiger partial charge in [-0.1, -0.05) is 23.4 Å². The Morgan fingerprint density at radius 2 is 1.84 bits per heavy atom. The van der Waals surface area contributed by atoms with Gasteiger partial charge in [0.1, 0.15) is 11.4 Å². The van der Waals surface area contributed by atoms with Crippen molar-refractivity contribution in [1.82, 2.24) is 35.0 Å². The smallest absolute Gasteiger partial charge is 0.253 e. The number of likely N-dealkylation sites (tertiary alicyclic amines) is 1. The molecule has 8 nitrogen and oxygen atoms in total. The zero-order valence-corrected chi connectivity index (χ0v) is 18.4. The number of aromatic amines is 1. The van der Waals surface area contributed by atoms with E-state index in [1.54, 1.807) is 4.68 Å². The van der Waals surface area contributed by atoms with Crippen molar-refractivity contribution in [2.45, 2.75) is 12.8 Å². The fraction of sp³-hybridized carbons (Fsp3) is 0.333. The van der Waals surface area contributed by atoms with E-state index in [4.69, 9.17) is 0 Å². The zero-order chi connectivity index (χ0) is 22.1. The highest BCUT2D eigenvalue weighted by molar-refractivity contribution is 5.94. The Kier molecular flexibility index (Phi) is 5.45. The minimum Gasteiger partial charge on any atom is -0.339 e. The van der Waals surface area contributed by atoms with E-state index < -0.39 is 0 Å². The molecule has 1 N–H and O–H groups in total. The number of hydrogen-bond acceptors (Lipinski definition) is 5. The molecule has 0 radical (unpaired) electrons. The van der Waals surface area contributed by atoms with Crippen LogP contribution < -0.4 is 0 Å². The second-order valence-electron chi connectivity index (χ2n) is 8.71. The molecule has 0 spiro atoms. The van der Waals surface area contributed by atoms with Crippen molar-refractivity contribution in [1.29, 1.82) is 0 Å². The van der Waals surface area contributed by atoms with Gasteiger partial charge in [0.2, 0.25) is 0 Å². The summed E-state index contributed by atoms with van der Waals surface area (Å²) in [7, 11) is 4.21. The van der Waals surface area contributed by atoms with Crippen LogP contribution in [0.2, 0.25) is 0 Å². The number of nitrogens with one attached hydrogen (secondary N) is 1. The lowest BCUT2D eigenvalue weighted by molar-refractivity contribution is 0.0678. The molecule has 0 bridgehead atoms. The highest BCUT2D eigenvalue weighted by Crippen LogP contribution is 2.25. The topological polar surface area (TPSA) is 82.9 Å². The molecule has 1 aliphatic heterocycles. The Hall–Kier alpha value is -3.52. The summed E-state index contributed by atoms with van der Waals surface area (Å²) in [5.74, 6) is 0.770. The van der Waals surface area contributed by atoms with Crippen molar-refractivity contribution in [3.05, 3.63) is 60.3 Å². The summed E-state index contributed by atoms with van der Waals surface area (Å²) >= 11 is 0. The highest BCUT2D eigenvalue weighted by Gasteiger charge is 2.24. The molecule has 1 aliphatic rings. The van der Waals surface area contributed by atoms with Crippen molar-refractivity contribution in [2.75, 3.05) is 33.7 Å². The van der Waals surface area contributed by atoms with Gasteiger partial charge in [0.25, 0.3) is 5.91 Å². The SMILES string of the molecule is CN(C)CC1CCN(C(=O)c2ccc(-n3cc(-c4n[nH]c5ccccc45)nn3)cc2)CC1. The average molecular weight is 430 g/mol. The Morgan fingerprint density at radius 1 is 1.09 bits per heavy atom. The number of fused-ring (bicyclic) bond motifs is 1. The van der Waals surface area contributed by atoms with Gasteiger partial charge >= 0.3 is 0 Å². The van der Waals surface area contributed by atoms with Crippen LogP contribution in [-0.2, 0) is 0 Å². The van der Waals surface area contributed by atoms with E-state index >= 15 is 0 Å². The fourth-order valence-electron chi connectivity index (χ4n) is 4.43. The van der Waals surface area contributed by atoms with Crippen LogP contribution in [0.15, 0.2) is 54.7 Å². The number of benzene rings is 2. The second-order valence-corrected chi connectivity index (χ2v) is 8.71. The van der Waals surface area contributed by atoms with Gasteiger partial charge in [-0.2, -0.15) is 5.10 Å². The maximum Gasteiger partial charge on any atom is 0.253 e. The maximum atomic E-state index is 12.9. The number of aromatic nitrogens is 5. The quantitative estimate of drug-likeness (QED) is 0.527. The van der Waals surface area contributed by atoms with E-state index in [0.29, 0.717) is 17.2 Å². The molecule has 164 valence electrons. The van der Waals surface area contributed by atoms with Crippen LogP contribution in [0.4, 0.5) is 0 Å². The van der Waals surface area contributed by atoms with E-state index in [-0.39, 0.29) is 5.91 Å². The number of para-hydroxylation sites is 1. The van der Waals surface area contributed by atoms with E-state index in [1.165, 1.54) is 0 Å². The first-order chi connectivity index (χ1) is 15.6. The van der Waals surface area contributed by atoms with Crippen LogP contribution in [0, 0.1) is 5.92 Å². The van der Waals surface area contributed by atoms with Crippen LogP contribution >= 0.6 is 0 Å². The molecule has 0 saturated carbocycles. The third-order valence-corrected chi connectivity index (χ3v) is 6.11. The van der Waals surface area contributed by atoms with Crippen LogP contribution in [0.3, 0.4) is 0 Å². The standard InChI is InChI=1S/C24H27N7O/c1-29(2)15-17-11-13-30(14-12-17)24(32)18-7-9-19(10-8-18)31-16-22(26-28-31)23-20-5-3-4-6-21(20)25-27-23/h3-10,16-17H,11-15H2,1-2H3,(H,25,27). The second kappa shape index (κ2) is 8.55. The first-order valence-electron chi connectivity index (χ1n) is 11.0. The summed E-state index contributed by atoms with van der Waals surface area (Å²) in [5.41, 5.74) is 3.99. The Morgan fingerprint density at radius 3 is 2.59 bits per heavy atom. The van der Waals surface area contributed by atoms with Gasteiger partial charge in [-0.3, -0.25) is 9.89 Å². The van der Waals surface area contributed by atoms with Crippen molar-refractivity contribution in [3.8, 4) is 17.1 Å². The maximum absolute atomic E-state index is 12.9. The van der Waals surface area contributed by atoms with Crippen LogP contribution in [0.5, 0.6) is 0 Å². The molecular formula is C24H27N7O. The Balaban J connectivity index is 1.28. The van der Waals surface area contributed by atoms with Crippen LogP contribution in [-0.4, -0.2) is 74.6 Å². The number of carbonyl (C=O) groups excluding carboxylic acids is 1. The van der Waals surface area contributed by atoms with Gasteiger partial charge in [0, 0.05) is 30.6 Å². The number of hydrogen-bond donors (Lipinski definition) is 1. The average Bonchev–Trinajstić information content (AvgIpc) is 3.46. The first kappa shape index (κ1) is 20.4. The van der Waals surface area contributed by atoms with Gasteiger partial charge in [0.15, 0.2) is 0 Å². The van der Waals surface area contributed by atoms with E-state index in [9.17, 15) is 4.79 Å². The molecule has 3 heterocycles. The number of piperidine rings is 1. The zero-order valence-electron chi connectivity index (χ0n) is 18.4. The Labute approximate surface area is 186 Å². The van der Waals surface area contributed by atoms with E-state index in [1.807, 2.05) is 59.6 Å². The van der Waals surface area contributed by atoms with Crippen molar-refractivity contribution >= 4 is 16.8 Å². The molecule has 0 atom stereocenters. The van der Waals surface area contributed by atoms with Gasteiger partial charge in [-0.15, -0.1) is 5.10 Å². The van der Waals surface area contributed by atoms with Crippen molar-refractivity contribution < 1.29 is 4.79 Å². The fourth-order valence-corrected chi connectivity index (χ4v) is 4.43. The predicted molar refractivity (Wildman–Crippen MR) is 124 cm³/mol. The Bertz CT molecular complexity index is 1220. The summed E-state index contributed by atoms with van der Waals surface area (Å²) in [5, 5.41) is 17.0. The molecule has 1 fully saturated rings. The minimum absolute atomic E-state index is 0.0992. The number of nitrogens with zero attached hydrogens (tertiary/aromatic N) is 6. The van der Waals surface area contributed by atoms with Crippen LogP contribution in [0.25, 0.3) is 28.0 Å². The predicted octanol–water partition coefficient (Wildman–Crippen LogP) is 3.22. The monoisotopic (exact) mass is 429 g/mol. The molecule has 2 aromatic carbocycles. The largest absolute Gasteiger partial charge is 0.339 e. The number of rotatable bonds is 5. The summed E-state index contributed by atoms with van der Waals surface area (Å²) in [6.45, 7) is 2.73. The molecule has 32 heavy (non-hydrogen) atoms. The van der Waals surface area contributed by atoms with Gasteiger partial charge in [-0.25, -0.2) is 4.68 Å². The van der Waals surface area contributed by atoms with E-state index in [0.717, 1.165) is 54.8 Å². The lowest BCUT2D eigenvalue weighted by Crippen LogP contribution is -2.40. The highest BCUT2D eigenvalue weighted by atomic mass is 16.2. The summed E-state index contributed by atoms with van der Waals surface area (Å²) < 4.78 is 1.71. The normalized spacial score (nSPS) is 15.0. The number of carbonyl (C=O) groups is 1. The van der Waals surface area contributed by atoms with Gasteiger partial charge < -0.3 is 9.80 Å². The lowest BCUT2D eigenvalue weighted by Gasteiger charge is -2.33. The van der Waals surface area contributed by atoms with Gasteiger partial charge in [0.05, 0.1) is 17.4 Å². The summed E-state index contributed by atoms with van der Waals surface area (Å²) in [6.07, 6.45) is 3.98. The van der Waals surface area contributed by atoms with Crippen molar-refractivity contribution in [3.63, 3.8) is 0 Å². The molecule has 0 unspecified atom stereocenters. The lowest BCUT2D eigenvalue weighted by atomic mass is 9.96. The molecule has 5 rings (SSSR count). The number of amides is 1. The minimum atomic E-state index is 0.0992. The molecule has 0 aliphatic carbocycles. The summed E-state index contributed by atoms with van der Waals surface area (Å²) in [4.78, 5) is 17.1.